The lowest BCUT2D eigenvalue weighted by Crippen LogP contribution is -2.22. The maximum Gasteiger partial charge on any atom is 0.301 e. The van der Waals surface area contributed by atoms with Gasteiger partial charge in [0, 0.05) is 35.0 Å². The molecule has 0 aliphatic rings. The zero-order valence-electron chi connectivity index (χ0n) is 11.2. The number of hydrogen-bond donors (Lipinski definition) is 1. The molecule has 106 valence electrons. The van der Waals surface area contributed by atoms with Crippen LogP contribution in [0.5, 0.6) is 0 Å². The van der Waals surface area contributed by atoms with Gasteiger partial charge >= 0.3 is 5.69 Å². The van der Waals surface area contributed by atoms with Crippen LogP contribution < -0.4 is 5.32 Å². The molecule has 0 fully saturated rings. The largest absolute Gasteiger partial charge is 0.376 e. The van der Waals surface area contributed by atoms with Gasteiger partial charge < -0.3 is 5.32 Å². The minimum Gasteiger partial charge on any atom is -0.376 e. The van der Waals surface area contributed by atoms with Crippen molar-refractivity contribution in [2.75, 3.05) is 17.3 Å². The maximum absolute atomic E-state index is 11.3. The van der Waals surface area contributed by atoms with Gasteiger partial charge in [-0.1, -0.05) is 0 Å². The number of nitrogens with one attached hydrogen (secondary N) is 1. The van der Waals surface area contributed by atoms with Gasteiger partial charge in [-0.2, -0.15) is 0 Å². The van der Waals surface area contributed by atoms with Gasteiger partial charge in [0.25, 0.3) is 0 Å². The minimum absolute atomic E-state index is 0.00401. The average molecular weight is 293 g/mol. The van der Waals surface area contributed by atoms with Crippen molar-refractivity contribution in [2.24, 2.45) is 0 Å². The van der Waals surface area contributed by atoms with E-state index in [1.165, 1.54) is 0 Å². The number of pyridine rings is 1. The van der Waals surface area contributed by atoms with E-state index in [4.69, 9.17) is 0 Å². The molecule has 1 heterocycles. The smallest absolute Gasteiger partial charge is 0.301 e. The SMILES string of the molecule is CC(CS(C)=O)Nc1ccc2ncccc2c1[N+](=O)[O-]. The van der Waals surface area contributed by atoms with Crippen molar-refractivity contribution in [3.05, 3.63) is 40.6 Å². The van der Waals surface area contributed by atoms with Crippen molar-refractivity contribution < 1.29 is 9.13 Å². The third-order valence-corrected chi connectivity index (χ3v) is 3.80. The highest BCUT2D eigenvalue weighted by molar-refractivity contribution is 7.84. The molecule has 1 N–H and O–H groups in total. The van der Waals surface area contributed by atoms with Crippen molar-refractivity contribution in [3.8, 4) is 0 Å². The zero-order chi connectivity index (χ0) is 14.7. The Hall–Kier alpha value is -2.02. The van der Waals surface area contributed by atoms with E-state index in [1.54, 1.807) is 36.7 Å². The first-order chi connectivity index (χ1) is 9.49. The summed E-state index contributed by atoms with van der Waals surface area (Å²) >= 11 is 0. The third-order valence-electron chi connectivity index (χ3n) is 2.83. The Morgan fingerprint density at radius 2 is 2.20 bits per heavy atom. The quantitative estimate of drug-likeness (QED) is 0.675. The molecule has 0 saturated carbocycles. The maximum atomic E-state index is 11.3. The average Bonchev–Trinajstić information content (AvgIpc) is 2.36. The Labute approximate surface area is 118 Å². The molecule has 20 heavy (non-hydrogen) atoms. The Kier molecular flexibility index (Phi) is 4.29. The fourth-order valence-corrected chi connectivity index (χ4v) is 2.90. The molecule has 2 rings (SSSR count). The summed E-state index contributed by atoms with van der Waals surface area (Å²) in [5.74, 6) is 0.433. The molecule has 7 heteroatoms. The summed E-state index contributed by atoms with van der Waals surface area (Å²) in [6.45, 7) is 1.85. The highest BCUT2D eigenvalue weighted by Gasteiger charge is 2.20. The molecule has 0 spiro atoms. The number of hydrogen-bond acceptors (Lipinski definition) is 5. The lowest BCUT2D eigenvalue weighted by Gasteiger charge is -2.14. The number of fused-ring (bicyclic) bond motifs is 1. The summed E-state index contributed by atoms with van der Waals surface area (Å²) in [7, 11) is -0.958. The molecule has 2 unspecified atom stereocenters. The molecule has 1 aromatic carbocycles. The minimum atomic E-state index is -0.958. The van der Waals surface area contributed by atoms with Gasteiger partial charge in [-0.3, -0.25) is 19.3 Å². The molecule has 1 aromatic heterocycles. The highest BCUT2D eigenvalue weighted by Crippen LogP contribution is 2.32. The van der Waals surface area contributed by atoms with Crippen LogP contribution in [-0.4, -0.2) is 32.2 Å². The van der Waals surface area contributed by atoms with Crippen molar-refractivity contribution >= 4 is 33.1 Å². The lowest BCUT2D eigenvalue weighted by molar-refractivity contribution is -0.382. The zero-order valence-corrected chi connectivity index (χ0v) is 12.0. The summed E-state index contributed by atoms with van der Waals surface area (Å²) in [5, 5.41) is 14.9. The molecule has 0 aliphatic heterocycles. The number of aromatic nitrogens is 1. The second-order valence-corrected chi connectivity index (χ2v) is 6.05. The number of rotatable bonds is 5. The summed E-state index contributed by atoms with van der Waals surface area (Å²) in [4.78, 5) is 15.0. The number of anilines is 1. The van der Waals surface area contributed by atoms with E-state index in [0.29, 0.717) is 22.3 Å². The first kappa shape index (κ1) is 14.4. The van der Waals surface area contributed by atoms with E-state index in [9.17, 15) is 14.3 Å². The van der Waals surface area contributed by atoms with E-state index in [-0.39, 0.29) is 11.7 Å². The van der Waals surface area contributed by atoms with Crippen LogP contribution in [0.1, 0.15) is 6.92 Å². The topological polar surface area (TPSA) is 85.1 Å². The van der Waals surface area contributed by atoms with Crippen molar-refractivity contribution in [3.63, 3.8) is 0 Å². The van der Waals surface area contributed by atoms with E-state index in [1.807, 2.05) is 6.92 Å². The summed E-state index contributed by atoms with van der Waals surface area (Å²) in [5.41, 5.74) is 1.01. The van der Waals surface area contributed by atoms with Gasteiger partial charge in [0.1, 0.15) is 5.69 Å². The molecule has 0 radical (unpaired) electrons. The van der Waals surface area contributed by atoms with Gasteiger partial charge in [0.2, 0.25) is 0 Å². The third kappa shape index (κ3) is 3.11. The predicted octanol–water partition coefficient (Wildman–Crippen LogP) is 2.32. The van der Waals surface area contributed by atoms with Crippen molar-refractivity contribution in [1.29, 1.82) is 0 Å². The molecule has 6 nitrogen and oxygen atoms in total. The summed E-state index contributed by atoms with van der Waals surface area (Å²) < 4.78 is 11.2. The van der Waals surface area contributed by atoms with Crippen LogP contribution in [0.2, 0.25) is 0 Å². The normalized spacial score (nSPS) is 13.9. The summed E-state index contributed by atoms with van der Waals surface area (Å²) in [6, 6.07) is 6.61. The van der Waals surface area contributed by atoms with Crippen LogP contribution in [-0.2, 0) is 10.8 Å². The number of nitro groups is 1. The molecule has 2 atom stereocenters. The van der Waals surface area contributed by atoms with Crippen LogP contribution in [0.15, 0.2) is 30.5 Å². The number of benzene rings is 1. The van der Waals surface area contributed by atoms with Crippen molar-refractivity contribution in [2.45, 2.75) is 13.0 Å². The number of nitrogens with zero attached hydrogens (tertiary/aromatic N) is 2. The molecular weight excluding hydrogens is 278 g/mol. The fourth-order valence-electron chi connectivity index (χ4n) is 2.11. The highest BCUT2D eigenvalue weighted by atomic mass is 32.2. The van der Waals surface area contributed by atoms with Crippen LogP contribution in [0.4, 0.5) is 11.4 Å². The lowest BCUT2D eigenvalue weighted by atomic mass is 10.1. The molecule has 0 bridgehead atoms. The second-order valence-electron chi connectivity index (χ2n) is 4.57. The fraction of sp³-hybridized carbons (Fsp3) is 0.308. The van der Waals surface area contributed by atoms with Crippen LogP contribution >= 0.6 is 0 Å². The van der Waals surface area contributed by atoms with Gasteiger partial charge in [0.15, 0.2) is 0 Å². The Bertz CT molecular complexity index is 675. The molecule has 0 saturated heterocycles. The Morgan fingerprint density at radius 3 is 2.85 bits per heavy atom. The predicted molar refractivity (Wildman–Crippen MR) is 80.4 cm³/mol. The van der Waals surface area contributed by atoms with Crippen LogP contribution in [0.25, 0.3) is 10.9 Å². The Balaban J connectivity index is 2.45. The first-order valence-corrected chi connectivity index (χ1v) is 7.80. The monoisotopic (exact) mass is 293 g/mol. The van der Waals surface area contributed by atoms with E-state index >= 15 is 0 Å². The van der Waals surface area contributed by atoms with Gasteiger partial charge in [-0.05, 0) is 31.2 Å². The molecule has 0 amide bonds. The van der Waals surface area contributed by atoms with E-state index < -0.39 is 15.7 Å². The molecule has 0 aliphatic carbocycles. The van der Waals surface area contributed by atoms with E-state index in [0.717, 1.165) is 0 Å². The first-order valence-electron chi connectivity index (χ1n) is 6.07. The van der Waals surface area contributed by atoms with Crippen molar-refractivity contribution in [1.82, 2.24) is 4.98 Å². The second kappa shape index (κ2) is 5.96. The van der Waals surface area contributed by atoms with Gasteiger partial charge in [-0.25, -0.2) is 0 Å². The van der Waals surface area contributed by atoms with E-state index in [2.05, 4.69) is 10.3 Å². The van der Waals surface area contributed by atoms with Crippen LogP contribution in [0, 0.1) is 10.1 Å². The molecule has 2 aromatic rings. The van der Waals surface area contributed by atoms with Crippen LogP contribution in [0.3, 0.4) is 0 Å². The summed E-state index contributed by atoms with van der Waals surface area (Å²) in [6.07, 6.45) is 3.21. The number of nitro benzene ring substituents is 1. The molecular formula is C13H15N3O3S. The Morgan fingerprint density at radius 1 is 1.45 bits per heavy atom. The standard InChI is InChI=1S/C13H15N3O3S/c1-9(8-20(2)19)15-12-6-5-11-10(4-3-7-14-11)13(12)16(17)18/h3-7,9,15H,8H2,1-2H3. The van der Waals surface area contributed by atoms with Gasteiger partial charge in [0.05, 0.1) is 15.8 Å². The van der Waals surface area contributed by atoms with Gasteiger partial charge in [-0.15, -0.1) is 0 Å².